The number of hydrogen-bond donors (Lipinski definition) is 0. The molecule has 0 spiro atoms. The molecule has 0 unspecified atom stereocenters. The van der Waals surface area contributed by atoms with E-state index in [-0.39, 0.29) is 31.1 Å². The first-order valence-electron chi connectivity index (χ1n) is 22.5. The molecule has 0 saturated heterocycles. The Kier molecular flexibility index (Phi) is 39.9. The number of rotatable bonds is 41. The van der Waals surface area contributed by atoms with Crippen LogP contribution in [-0.2, 0) is 28.6 Å². The van der Waals surface area contributed by atoms with Crippen LogP contribution >= 0.6 is 0 Å². The molecule has 51 heavy (non-hydrogen) atoms. The van der Waals surface area contributed by atoms with Gasteiger partial charge in [0.1, 0.15) is 13.2 Å². The lowest BCUT2D eigenvalue weighted by atomic mass is 10.0. The third-order valence-electron chi connectivity index (χ3n) is 10.1. The third kappa shape index (κ3) is 39.5. The van der Waals surface area contributed by atoms with E-state index in [0.29, 0.717) is 19.3 Å². The first kappa shape index (κ1) is 49.4. The van der Waals surface area contributed by atoms with E-state index < -0.39 is 6.10 Å². The van der Waals surface area contributed by atoms with Crippen LogP contribution in [0.25, 0.3) is 0 Å². The lowest BCUT2D eigenvalue weighted by Gasteiger charge is -2.18. The number of hydrogen-bond acceptors (Lipinski definition) is 6. The zero-order valence-electron chi connectivity index (χ0n) is 34.4. The van der Waals surface area contributed by atoms with Crippen LogP contribution in [0.3, 0.4) is 0 Å². The number of ether oxygens (including phenoxy) is 3. The lowest BCUT2D eigenvalue weighted by molar-refractivity contribution is -0.167. The highest BCUT2D eigenvalue weighted by Crippen LogP contribution is 2.15. The summed E-state index contributed by atoms with van der Waals surface area (Å²) in [5.41, 5.74) is 0. The smallest absolute Gasteiger partial charge is 0.306 e. The van der Waals surface area contributed by atoms with Crippen molar-refractivity contribution < 1.29 is 28.6 Å². The third-order valence-corrected chi connectivity index (χ3v) is 10.1. The highest BCUT2D eigenvalue weighted by molar-refractivity contribution is 5.71. The SMILES string of the molecule is CCCCCCCCCCCCCCCCC(=O)OC[C@H](COC(=O)CCCCCCCCCCCC)OC(=O)CCCCCCCCCCC. The Balaban J connectivity index is 4.28. The van der Waals surface area contributed by atoms with Crippen molar-refractivity contribution >= 4 is 17.9 Å². The van der Waals surface area contributed by atoms with Gasteiger partial charge >= 0.3 is 17.9 Å². The quantitative estimate of drug-likeness (QED) is 0.0355. The molecule has 0 amide bonds. The predicted molar refractivity (Wildman–Crippen MR) is 215 cm³/mol. The molecule has 0 aromatic heterocycles. The molecule has 6 heteroatoms. The standard InChI is InChI=1S/C45H86O6/c1-4-7-10-13-16-19-21-22-23-24-27-29-32-35-38-44(47)50-41-42(51-45(48)39-36-33-30-25-18-15-12-9-6-3)40-49-43(46)37-34-31-28-26-20-17-14-11-8-5-2/h42H,4-41H2,1-3H3/t42-/m0/s1. The van der Waals surface area contributed by atoms with E-state index in [1.807, 2.05) is 0 Å². The molecule has 0 N–H and O–H groups in total. The van der Waals surface area contributed by atoms with Gasteiger partial charge in [0, 0.05) is 19.3 Å². The summed E-state index contributed by atoms with van der Waals surface area (Å²) in [5, 5.41) is 0. The van der Waals surface area contributed by atoms with Gasteiger partial charge in [-0.25, -0.2) is 0 Å². The molecule has 0 aliphatic carbocycles. The molecule has 0 fully saturated rings. The van der Waals surface area contributed by atoms with E-state index >= 15 is 0 Å². The first-order valence-corrected chi connectivity index (χ1v) is 22.5. The van der Waals surface area contributed by atoms with Crippen molar-refractivity contribution in [3.05, 3.63) is 0 Å². The maximum atomic E-state index is 12.6. The number of carbonyl (C=O) groups excluding carboxylic acids is 3. The number of carbonyl (C=O) groups is 3. The van der Waals surface area contributed by atoms with Crippen molar-refractivity contribution in [1.29, 1.82) is 0 Å². The maximum Gasteiger partial charge on any atom is 0.306 e. The van der Waals surface area contributed by atoms with Crippen molar-refractivity contribution in [2.45, 2.75) is 258 Å². The molecule has 0 aliphatic rings. The van der Waals surface area contributed by atoms with E-state index in [9.17, 15) is 14.4 Å². The van der Waals surface area contributed by atoms with Gasteiger partial charge in [-0.05, 0) is 19.3 Å². The van der Waals surface area contributed by atoms with E-state index in [1.54, 1.807) is 0 Å². The molecular formula is C45H86O6. The normalized spacial score (nSPS) is 11.8. The van der Waals surface area contributed by atoms with Gasteiger partial charge in [0.15, 0.2) is 6.10 Å². The van der Waals surface area contributed by atoms with Gasteiger partial charge < -0.3 is 14.2 Å². The summed E-state index contributed by atoms with van der Waals surface area (Å²) in [6.45, 7) is 6.62. The zero-order valence-corrected chi connectivity index (χ0v) is 34.4. The second-order valence-electron chi connectivity index (χ2n) is 15.3. The van der Waals surface area contributed by atoms with Crippen LogP contribution in [0.15, 0.2) is 0 Å². The van der Waals surface area contributed by atoms with Gasteiger partial charge in [-0.15, -0.1) is 0 Å². The van der Waals surface area contributed by atoms with Crippen molar-refractivity contribution in [2.75, 3.05) is 13.2 Å². The summed E-state index contributed by atoms with van der Waals surface area (Å²) in [4.78, 5) is 37.6. The lowest BCUT2D eigenvalue weighted by Crippen LogP contribution is -2.30. The summed E-state index contributed by atoms with van der Waals surface area (Å²) in [7, 11) is 0. The summed E-state index contributed by atoms with van der Waals surface area (Å²) in [6.07, 6.45) is 40.8. The van der Waals surface area contributed by atoms with Crippen LogP contribution in [0.1, 0.15) is 252 Å². The maximum absolute atomic E-state index is 12.6. The highest BCUT2D eigenvalue weighted by atomic mass is 16.6. The minimum atomic E-state index is -0.756. The Bertz CT molecular complexity index is 753. The summed E-state index contributed by atoms with van der Waals surface area (Å²) >= 11 is 0. The Hall–Kier alpha value is -1.59. The van der Waals surface area contributed by atoms with Crippen molar-refractivity contribution in [3.63, 3.8) is 0 Å². The van der Waals surface area contributed by atoms with Crippen molar-refractivity contribution in [2.24, 2.45) is 0 Å². The van der Waals surface area contributed by atoms with Crippen LogP contribution in [-0.4, -0.2) is 37.2 Å². The van der Waals surface area contributed by atoms with Gasteiger partial charge in [-0.1, -0.05) is 213 Å². The summed E-state index contributed by atoms with van der Waals surface area (Å²) in [6, 6.07) is 0. The van der Waals surface area contributed by atoms with Crippen LogP contribution in [0.2, 0.25) is 0 Å². The molecule has 0 heterocycles. The van der Waals surface area contributed by atoms with Gasteiger partial charge in [0.05, 0.1) is 0 Å². The van der Waals surface area contributed by atoms with Gasteiger partial charge in [0.2, 0.25) is 0 Å². The Labute approximate surface area is 317 Å². The zero-order chi connectivity index (χ0) is 37.3. The fraction of sp³-hybridized carbons (Fsp3) is 0.933. The van der Waals surface area contributed by atoms with Crippen molar-refractivity contribution in [3.8, 4) is 0 Å². The second-order valence-corrected chi connectivity index (χ2v) is 15.3. The monoisotopic (exact) mass is 723 g/mol. The van der Waals surface area contributed by atoms with E-state index in [1.165, 1.54) is 154 Å². The Morgan fingerprint density at radius 3 is 0.784 bits per heavy atom. The van der Waals surface area contributed by atoms with Crippen LogP contribution < -0.4 is 0 Å². The van der Waals surface area contributed by atoms with Crippen LogP contribution in [0.5, 0.6) is 0 Å². The fourth-order valence-corrected chi connectivity index (χ4v) is 6.68. The molecule has 0 rings (SSSR count). The van der Waals surface area contributed by atoms with E-state index in [0.717, 1.165) is 57.8 Å². The first-order chi connectivity index (χ1) is 25.0. The molecule has 0 aromatic rings. The molecule has 6 nitrogen and oxygen atoms in total. The molecule has 1 atom stereocenters. The predicted octanol–water partition coefficient (Wildman–Crippen LogP) is 14.1. The molecule has 302 valence electrons. The summed E-state index contributed by atoms with van der Waals surface area (Å²) in [5.74, 6) is -0.856. The number of unbranched alkanes of at least 4 members (excludes halogenated alkanes) is 30. The van der Waals surface area contributed by atoms with E-state index in [4.69, 9.17) is 14.2 Å². The van der Waals surface area contributed by atoms with Gasteiger partial charge in [0.25, 0.3) is 0 Å². The minimum absolute atomic E-state index is 0.0630. The Morgan fingerprint density at radius 2 is 0.529 bits per heavy atom. The van der Waals surface area contributed by atoms with Crippen LogP contribution in [0.4, 0.5) is 0 Å². The second kappa shape index (κ2) is 41.2. The molecule has 0 bridgehead atoms. The topological polar surface area (TPSA) is 78.9 Å². The molecule has 0 radical (unpaired) electrons. The largest absolute Gasteiger partial charge is 0.462 e. The van der Waals surface area contributed by atoms with Crippen molar-refractivity contribution in [1.82, 2.24) is 0 Å². The number of esters is 3. The summed E-state index contributed by atoms with van der Waals surface area (Å²) < 4.78 is 16.7. The van der Waals surface area contributed by atoms with E-state index in [2.05, 4.69) is 20.8 Å². The Morgan fingerprint density at radius 1 is 0.314 bits per heavy atom. The van der Waals surface area contributed by atoms with Gasteiger partial charge in [-0.3, -0.25) is 14.4 Å². The van der Waals surface area contributed by atoms with Crippen LogP contribution in [0, 0.1) is 0 Å². The molecule has 0 aromatic carbocycles. The molecule has 0 aliphatic heterocycles. The molecule has 0 saturated carbocycles. The average molecular weight is 723 g/mol. The minimum Gasteiger partial charge on any atom is -0.462 e. The fourth-order valence-electron chi connectivity index (χ4n) is 6.68. The van der Waals surface area contributed by atoms with Gasteiger partial charge in [-0.2, -0.15) is 0 Å². The molecular weight excluding hydrogens is 636 g/mol. The average Bonchev–Trinajstić information content (AvgIpc) is 3.12. The highest BCUT2D eigenvalue weighted by Gasteiger charge is 2.19.